The number of aromatic nitrogens is 3. The van der Waals surface area contributed by atoms with Crippen LogP contribution >= 0.6 is 35.0 Å². The maximum absolute atomic E-state index is 13.2. The van der Waals surface area contributed by atoms with Gasteiger partial charge in [-0.2, -0.15) is 0 Å². The number of amides is 1. The van der Waals surface area contributed by atoms with Gasteiger partial charge in [0.25, 0.3) is 0 Å². The number of nitrogen functional groups attached to an aromatic ring is 1. The molecule has 0 spiro atoms. The van der Waals surface area contributed by atoms with Crippen LogP contribution in [0.5, 0.6) is 0 Å². The van der Waals surface area contributed by atoms with Crippen LogP contribution in [0.3, 0.4) is 0 Å². The summed E-state index contributed by atoms with van der Waals surface area (Å²) in [7, 11) is 0. The predicted octanol–water partition coefficient (Wildman–Crippen LogP) is 4.67. The lowest BCUT2D eigenvalue weighted by atomic mass is 10.1. The Kier molecular flexibility index (Phi) is 7.05. The van der Waals surface area contributed by atoms with Crippen LogP contribution in [0.25, 0.3) is 11.4 Å². The van der Waals surface area contributed by atoms with Gasteiger partial charge in [-0.15, -0.1) is 10.2 Å². The van der Waals surface area contributed by atoms with Crippen LogP contribution < -0.4 is 5.84 Å². The Labute approximate surface area is 184 Å². The minimum Gasteiger partial charge on any atom is -0.342 e. The van der Waals surface area contributed by atoms with Crippen molar-refractivity contribution in [1.29, 1.82) is 0 Å². The van der Waals surface area contributed by atoms with Crippen LogP contribution in [0.15, 0.2) is 53.7 Å². The molecular weight excluding hydrogens is 429 g/mol. The smallest absolute Gasteiger partial charge is 0.240 e. The molecule has 0 aliphatic heterocycles. The Hall–Kier alpha value is -2.22. The molecule has 0 saturated carbocycles. The van der Waals surface area contributed by atoms with Crippen molar-refractivity contribution in [3.63, 3.8) is 0 Å². The molecule has 0 unspecified atom stereocenters. The second kappa shape index (κ2) is 9.52. The van der Waals surface area contributed by atoms with E-state index in [-0.39, 0.29) is 5.91 Å². The second-order valence-electron chi connectivity index (χ2n) is 6.22. The fourth-order valence-electron chi connectivity index (χ4n) is 2.91. The van der Waals surface area contributed by atoms with Crippen LogP contribution in [-0.4, -0.2) is 38.8 Å². The SMILES string of the molecule is CCN(CC)C(=O)[C@@H](Sc1nnc(-c2ccc(Cl)cc2Cl)n1N)c1ccccc1. The van der Waals surface area contributed by atoms with E-state index in [0.717, 1.165) is 5.56 Å². The number of hydrogen-bond acceptors (Lipinski definition) is 5. The molecule has 0 bridgehead atoms. The average molecular weight is 450 g/mol. The maximum Gasteiger partial charge on any atom is 0.240 e. The lowest BCUT2D eigenvalue weighted by Gasteiger charge is -2.24. The van der Waals surface area contributed by atoms with E-state index >= 15 is 0 Å². The van der Waals surface area contributed by atoms with Gasteiger partial charge in [-0.3, -0.25) is 4.79 Å². The number of carbonyl (C=O) groups is 1. The first kappa shape index (κ1) is 21.5. The van der Waals surface area contributed by atoms with E-state index in [1.54, 1.807) is 23.1 Å². The van der Waals surface area contributed by atoms with Gasteiger partial charge in [0.05, 0.1) is 5.02 Å². The van der Waals surface area contributed by atoms with Gasteiger partial charge in [-0.05, 0) is 37.6 Å². The monoisotopic (exact) mass is 449 g/mol. The molecule has 1 heterocycles. The summed E-state index contributed by atoms with van der Waals surface area (Å²) < 4.78 is 1.35. The molecule has 2 N–H and O–H groups in total. The zero-order valence-corrected chi connectivity index (χ0v) is 18.4. The fraction of sp³-hybridized carbons (Fsp3) is 0.250. The van der Waals surface area contributed by atoms with Gasteiger partial charge in [0.2, 0.25) is 11.1 Å². The zero-order valence-electron chi connectivity index (χ0n) is 16.0. The highest BCUT2D eigenvalue weighted by Gasteiger charge is 2.28. The fourth-order valence-corrected chi connectivity index (χ4v) is 4.44. The first-order valence-corrected chi connectivity index (χ1v) is 10.8. The van der Waals surface area contributed by atoms with Gasteiger partial charge in [-0.25, -0.2) is 4.68 Å². The first-order valence-electron chi connectivity index (χ1n) is 9.12. The van der Waals surface area contributed by atoms with Crippen molar-refractivity contribution in [3.8, 4) is 11.4 Å². The Morgan fingerprint density at radius 3 is 2.45 bits per heavy atom. The van der Waals surface area contributed by atoms with Gasteiger partial charge < -0.3 is 10.7 Å². The zero-order chi connectivity index (χ0) is 21.0. The predicted molar refractivity (Wildman–Crippen MR) is 119 cm³/mol. The summed E-state index contributed by atoms with van der Waals surface area (Å²) in [6, 6.07) is 14.6. The van der Waals surface area contributed by atoms with E-state index in [9.17, 15) is 4.79 Å². The molecule has 0 radical (unpaired) electrons. The van der Waals surface area contributed by atoms with Gasteiger partial charge in [0.1, 0.15) is 5.25 Å². The Balaban J connectivity index is 1.96. The number of nitrogens with zero attached hydrogens (tertiary/aromatic N) is 4. The van der Waals surface area contributed by atoms with Crippen molar-refractivity contribution in [2.75, 3.05) is 18.9 Å². The molecule has 3 aromatic rings. The maximum atomic E-state index is 13.2. The third kappa shape index (κ3) is 4.69. The van der Waals surface area contributed by atoms with Crippen LogP contribution in [0.4, 0.5) is 0 Å². The number of benzene rings is 2. The number of nitrogens with two attached hydrogens (primary N) is 1. The molecule has 152 valence electrons. The molecule has 3 rings (SSSR count). The summed E-state index contributed by atoms with van der Waals surface area (Å²) in [5.41, 5.74) is 1.49. The number of hydrogen-bond donors (Lipinski definition) is 1. The summed E-state index contributed by atoms with van der Waals surface area (Å²) in [5.74, 6) is 6.66. The molecule has 2 aromatic carbocycles. The highest BCUT2D eigenvalue weighted by Crippen LogP contribution is 2.37. The number of carbonyl (C=O) groups excluding carboxylic acids is 1. The van der Waals surface area contributed by atoms with Gasteiger partial charge >= 0.3 is 0 Å². The topological polar surface area (TPSA) is 77.0 Å². The summed E-state index contributed by atoms with van der Waals surface area (Å²) in [6.07, 6.45) is 0. The summed E-state index contributed by atoms with van der Waals surface area (Å²) in [5, 5.41) is 9.25. The summed E-state index contributed by atoms with van der Waals surface area (Å²) in [4.78, 5) is 15.0. The van der Waals surface area contributed by atoms with Gasteiger partial charge in [-0.1, -0.05) is 65.3 Å². The average Bonchev–Trinajstić information content (AvgIpc) is 3.07. The van der Waals surface area contributed by atoms with E-state index in [2.05, 4.69) is 10.2 Å². The third-order valence-electron chi connectivity index (χ3n) is 4.46. The molecule has 1 aromatic heterocycles. The van der Waals surface area contributed by atoms with Crippen molar-refractivity contribution in [3.05, 3.63) is 64.1 Å². The molecular formula is C20H21Cl2N5OS. The lowest BCUT2D eigenvalue weighted by Crippen LogP contribution is -2.34. The number of thioether (sulfide) groups is 1. The summed E-state index contributed by atoms with van der Waals surface area (Å²) in [6.45, 7) is 5.17. The standard InChI is InChI=1S/C20H21Cl2N5OS/c1-3-26(4-2)19(28)17(13-8-6-5-7-9-13)29-20-25-24-18(27(20)23)15-11-10-14(21)12-16(15)22/h5-12,17H,3-4,23H2,1-2H3/t17-/m0/s1. The van der Waals surface area contributed by atoms with E-state index in [0.29, 0.717) is 39.7 Å². The molecule has 0 aliphatic carbocycles. The van der Waals surface area contributed by atoms with Crippen LogP contribution in [-0.2, 0) is 4.79 Å². The molecule has 29 heavy (non-hydrogen) atoms. The first-order chi connectivity index (χ1) is 14.0. The van der Waals surface area contributed by atoms with Crippen molar-refractivity contribution >= 4 is 40.9 Å². The highest BCUT2D eigenvalue weighted by molar-refractivity contribution is 8.00. The van der Waals surface area contributed by atoms with Gasteiger partial charge in [0.15, 0.2) is 5.82 Å². The van der Waals surface area contributed by atoms with Crippen molar-refractivity contribution in [2.45, 2.75) is 24.3 Å². The van der Waals surface area contributed by atoms with Crippen molar-refractivity contribution in [2.24, 2.45) is 0 Å². The van der Waals surface area contributed by atoms with E-state index in [1.165, 1.54) is 16.4 Å². The quantitative estimate of drug-likeness (QED) is 0.418. The van der Waals surface area contributed by atoms with Crippen molar-refractivity contribution < 1.29 is 4.79 Å². The van der Waals surface area contributed by atoms with Crippen molar-refractivity contribution in [1.82, 2.24) is 19.8 Å². The van der Waals surface area contributed by atoms with E-state index < -0.39 is 5.25 Å². The molecule has 0 aliphatic rings. The number of rotatable bonds is 7. The van der Waals surface area contributed by atoms with Gasteiger partial charge in [0, 0.05) is 23.7 Å². The second-order valence-corrected chi connectivity index (χ2v) is 8.14. The van der Waals surface area contributed by atoms with E-state index in [1.807, 2.05) is 44.2 Å². The number of halogens is 2. The van der Waals surface area contributed by atoms with Crippen LogP contribution in [0.2, 0.25) is 10.0 Å². The molecule has 1 amide bonds. The third-order valence-corrected chi connectivity index (χ3v) is 6.21. The normalized spacial score (nSPS) is 12.0. The van der Waals surface area contributed by atoms with Crippen LogP contribution in [0, 0.1) is 0 Å². The highest BCUT2D eigenvalue weighted by atomic mass is 35.5. The molecule has 6 nitrogen and oxygen atoms in total. The molecule has 0 saturated heterocycles. The van der Waals surface area contributed by atoms with E-state index in [4.69, 9.17) is 29.0 Å². The largest absolute Gasteiger partial charge is 0.342 e. The lowest BCUT2D eigenvalue weighted by molar-refractivity contribution is -0.130. The van der Waals surface area contributed by atoms with Crippen LogP contribution in [0.1, 0.15) is 24.7 Å². The molecule has 0 fully saturated rings. The minimum atomic E-state index is -0.490. The Morgan fingerprint density at radius 1 is 1.14 bits per heavy atom. The molecule has 1 atom stereocenters. The molecule has 9 heteroatoms. The summed E-state index contributed by atoms with van der Waals surface area (Å²) >= 11 is 13.5. The minimum absolute atomic E-state index is 0.000255. The Bertz CT molecular complexity index is 992. The number of likely N-dealkylation sites (N-methyl/N-ethyl adjacent to an activating group) is 1. The Morgan fingerprint density at radius 2 is 1.83 bits per heavy atom.